The van der Waals surface area contributed by atoms with Crippen molar-refractivity contribution in [3.05, 3.63) is 93.7 Å². The van der Waals surface area contributed by atoms with E-state index in [4.69, 9.17) is 5.73 Å². The minimum Gasteiger partial charge on any atom is -0.365 e. The molecule has 0 atom stereocenters. The summed E-state index contributed by atoms with van der Waals surface area (Å²) in [6, 6.07) is 22.3. The Morgan fingerprint density at radius 2 is 1.32 bits per heavy atom. The second kappa shape index (κ2) is 7.55. The van der Waals surface area contributed by atoms with Gasteiger partial charge in [0, 0.05) is 11.1 Å². The number of carbonyl (C=O) groups excluding carboxylic acids is 2. The highest BCUT2D eigenvalue weighted by molar-refractivity contribution is 7.15. The first-order chi connectivity index (χ1) is 12.1. The number of hydrogen-bond donors (Lipinski definition) is 2. The molecule has 0 spiro atoms. The molecule has 0 unspecified atom stereocenters. The number of hydrogen-bond acceptors (Lipinski definition) is 4. The van der Waals surface area contributed by atoms with Crippen LogP contribution in [0, 0.1) is 0 Å². The standard InChI is InChI=1S/C19H15N3O2S/c20-18(23)15-11-12-16(25-15)19(24)22-21-17(13-7-3-1-4-8-13)14-9-5-2-6-10-14/h1-12H,(H2,20,23)(H,22,24). The van der Waals surface area contributed by atoms with Crippen molar-refractivity contribution in [1.82, 2.24) is 5.43 Å². The molecule has 5 nitrogen and oxygen atoms in total. The lowest BCUT2D eigenvalue weighted by molar-refractivity contribution is 0.0958. The van der Waals surface area contributed by atoms with Crippen molar-refractivity contribution in [2.24, 2.45) is 10.8 Å². The van der Waals surface area contributed by atoms with Crippen LogP contribution in [0.25, 0.3) is 0 Å². The molecular formula is C19H15N3O2S. The molecule has 0 bridgehead atoms. The molecule has 124 valence electrons. The predicted octanol–water partition coefficient (Wildman–Crippen LogP) is 3.03. The lowest BCUT2D eigenvalue weighted by atomic mass is 10.0. The molecule has 0 saturated heterocycles. The lowest BCUT2D eigenvalue weighted by Gasteiger charge is -2.07. The Hall–Kier alpha value is -3.25. The Bertz CT molecular complexity index is 877. The van der Waals surface area contributed by atoms with Gasteiger partial charge in [0.25, 0.3) is 11.8 Å². The van der Waals surface area contributed by atoms with Crippen LogP contribution in [0.1, 0.15) is 30.5 Å². The summed E-state index contributed by atoms with van der Waals surface area (Å²) in [5.74, 6) is -0.941. The molecule has 0 aliphatic rings. The number of benzene rings is 2. The fourth-order valence-electron chi connectivity index (χ4n) is 2.24. The Balaban J connectivity index is 1.88. The first kappa shape index (κ1) is 16.6. The maximum Gasteiger partial charge on any atom is 0.281 e. The zero-order valence-corrected chi connectivity index (χ0v) is 14.0. The van der Waals surface area contributed by atoms with Crippen molar-refractivity contribution in [1.29, 1.82) is 0 Å². The molecule has 25 heavy (non-hydrogen) atoms. The molecule has 0 aliphatic carbocycles. The molecule has 3 aromatic rings. The van der Waals surface area contributed by atoms with E-state index in [1.807, 2.05) is 60.7 Å². The van der Waals surface area contributed by atoms with Crippen molar-refractivity contribution in [3.8, 4) is 0 Å². The van der Waals surface area contributed by atoms with Crippen LogP contribution in [0.5, 0.6) is 0 Å². The highest BCUT2D eigenvalue weighted by Crippen LogP contribution is 2.16. The first-order valence-electron chi connectivity index (χ1n) is 7.53. The Labute approximate surface area is 148 Å². The Morgan fingerprint density at radius 3 is 1.80 bits per heavy atom. The molecule has 0 radical (unpaired) electrons. The van der Waals surface area contributed by atoms with Crippen LogP contribution in [0.2, 0.25) is 0 Å². The third-order valence-electron chi connectivity index (χ3n) is 3.44. The van der Waals surface area contributed by atoms with Gasteiger partial charge < -0.3 is 5.73 Å². The molecule has 3 rings (SSSR count). The average Bonchev–Trinajstić information content (AvgIpc) is 3.14. The molecule has 2 amide bonds. The van der Waals surface area contributed by atoms with E-state index in [1.165, 1.54) is 6.07 Å². The maximum absolute atomic E-state index is 12.3. The Kier molecular flexibility index (Phi) is 5.01. The predicted molar refractivity (Wildman–Crippen MR) is 98.8 cm³/mol. The van der Waals surface area contributed by atoms with E-state index in [2.05, 4.69) is 10.5 Å². The molecule has 2 aromatic carbocycles. The van der Waals surface area contributed by atoms with Gasteiger partial charge in [0.2, 0.25) is 0 Å². The zero-order valence-electron chi connectivity index (χ0n) is 13.2. The number of carbonyl (C=O) groups is 2. The number of nitrogens with one attached hydrogen (secondary N) is 1. The van der Waals surface area contributed by atoms with Gasteiger partial charge in [-0.25, -0.2) is 5.43 Å². The highest BCUT2D eigenvalue weighted by atomic mass is 32.1. The SMILES string of the molecule is NC(=O)c1ccc(C(=O)NN=C(c2ccccc2)c2ccccc2)s1. The minimum atomic E-state index is -0.554. The monoisotopic (exact) mass is 349 g/mol. The third kappa shape index (κ3) is 3.99. The second-order valence-electron chi connectivity index (χ2n) is 5.16. The van der Waals surface area contributed by atoms with Crippen molar-refractivity contribution < 1.29 is 9.59 Å². The van der Waals surface area contributed by atoms with Crippen LogP contribution >= 0.6 is 11.3 Å². The van der Waals surface area contributed by atoms with Gasteiger partial charge in [-0.3, -0.25) is 9.59 Å². The van der Waals surface area contributed by atoms with Crippen LogP contribution in [0.3, 0.4) is 0 Å². The summed E-state index contributed by atoms with van der Waals surface area (Å²) in [4.78, 5) is 24.1. The number of nitrogens with two attached hydrogens (primary N) is 1. The molecule has 1 heterocycles. The molecule has 3 N–H and O–H groups in total. The first-order valence-corrected chi connectivity index (χ1v) is 8.35. The number of hydrazone groups is 1. The third-order valence-corrected chi connectivity index (χ3v) is 4.53. The number of thiophene rings is 1. The van der Waals surface area contributed by atoms with Crippen LogP contribution in [0.4, 0.5) is 0 Å². The van der Waals surface area contributed by atoms with E-state index >= 15 is 0 Å². The van der Waals surface area contributed by atoms with Crippen molar-refractivity contribution in [2.75, 3.05) is 0 Å². The molecule has 6 heteroatoms. The van der Waals surface area contributed by atoms with Gasteiger partial charge in [-0.05, 0) is 12.1 Å². The van der Waals surface area contributed by atoms with Crippen molar-refractivity contribution in [3.63, 3.8) is 0 Å². The summed E-state index contributed by atoms with van der Waals surface area (Å²) in [5.41, 5.74) is 10.2. The number of amides is 2. The normalized spacial score (nSPS) is 10.1. The van der Waals surface area contributed by atoms with Gasteiger partial charge >= 0.3 is 0 Å². The highest BCUT2D eigenvalue weighted by Gasteiger charge is 2.12. The van der Waals surface area contributed by atoms with E-state index in [0.29, 0.717) is 15.5 Å². The summed E-state index contributed by atoms with van der Waals surface area (Å²) in [5, 5.41) is 4.30. The van der Waals surface area contributed by atoms with Gasteiger partial charge in [0.1, 0.15) is 0 Å². The quantitative estimate of drug-likeness (QED) is 0.548. The fraction of sp³-hybridized carbons (Fsp3) is 0. The van der Waals surface area contributed by atoms with Gasteiger partial charge in [-0.1, -0.05) is 60.7 Å². The van der Waals surface area contributed by atoms with Gasteiger partial charge in [0.05, 0.1) is 15.5 Å². The van der Waals surface area contributed by atoms with Crippen LogP contribution in [-0.2, 0) is 0 Å². The summed E-state index contributed by atoms with van der Waals surface area (Å²) in [7, 11) is 0. The lowest BCUT2D eigenvalue weighted by Crippen LogP contribution is -2.19. The smallest absolute Gasteiger partial charge is 0.281 e. The van der Waals surface area contributed by atoms with E-state index in [0.717, 1.165) is 22.5 Å². The molecule has 0 fully saturated rings. The summed E-state index contributed by atoms with van der Waals surface area (Å²) in [6.45, 7) is 0. The zero-order chi connectivity index (χ0) is 17.6. The van der Waals surface area contributed by atoms with Gasteiger partial charge in [-0.15, -0.1) is 11.3 Å². The van der Waals surface area contributed by atoms with Crippen LogP contribution in [0.15, 0.2) is 77.9 Å². The molecule has 0 saturated carbocycles. The van der Waals surface area contributed by atoms with Crippen LogP contribution < -0.4 is 11.2 Å². The van der Waals surface area contributed by atoms with Gasteiger partial charge in [0.15, 0.2) is 0 Å². The number of nitrogens with zero attached hydrogens (tertiary/aromatic N) is 1. The Morgan fingerprint density at radius 1 is 0.800 bits per heavy atom. The largest absolute Gasteiger partial charge is 0.365 e. The molecule has 0 aliphatic heterocycles. The topological polar surface area (TPSA) is 84.5 Å². The summed E-state index contributed by atoms with van der Waals surface area (Å²) in [6.07, 6.45) is 0. The molecule has 1 aromatic heterocycles. The van der Waals surface area contributed by atoms with Crippen LogP contribution in [-0.4, -0.2) is 17.5 Å². The fourth-order valence-corrected chi connectivity index (χ4v) is 2.99. The summed E-state index contributed by atoms with van der Waals surface area (Å²) >= 11 is 1.04. The number of primary amides is 1. The summed E-state index contributed by atoms with van der Waals surface area (Å²) < 4.78 is 0. The van der Waals surface area contributed by atoms with E-state index in [1.54, 1.807) is 6.07 Å². The number of rotatable bonds is 5. The van der Waals surface area contributed by atoms with Crippen molar-refractivity contribution >= 4 is 28.9 Å². The van der Waals surface area contributed by atoms with Crippen molar-refractivity contribution in [2.45, 2.75) is 0 Å². The van der Waals surface area contributed by atoms with E-state index in [9.17, 15) is 9.59 Å². The van der Waals surface area contributed by atoms with E-state index in [-0.39, 0.29) is 5.91 Å². The second-order valence-corrected chi connectivity index (χ2v) is 6.25. The maximum atomic E-state index is 12.3. The minimum absolute atomic E-state index is 0.334. The average molecular weight is 349 g/mol. The van der Waals surface area contributed by atoms with E-state index < -0.39 is 5.91 Å². The molecular weight excluding hydrogens is 334 g/mol. The van der Waals surface area contributed by atoms with Gasteiger partial charge in [-0.2, -0.15) is 5.10 Å².